The van der Waals surface area contributed by atoms with Gasteiger partial charge in [-0.3, -0.25) is 4.79 Å². The molecular weight excluding hydrogens is 174 g/mol. The van der Waals surface area contributed by atoms with Crippen LogP contribution in [0.25, 0.3) is 0 Å². The van der Waals surface area contributed by atoms with E-state index in [9.17, 15) is 9.90 Å². The van der Waals surface area contributed by atoms with E-state index < -0.39 is 0 Å². The second-order valence-corrected chi connectivity index (χ2v) is 2.90. The number of nitrogens with one attached hydrogen (secondary N) is 1. The smallest absolute Gasteiger partial charge is 0.221 e. The van der Waals surface area contributed by atoms with Gasteiger partial charge in [-0.1, -0.05) is 0 Å². The Morgan fingerprint density at radius 1 is 1.58 bits per heavy atom. The van der Waals surface area contributed by atoms with Crippen molar-refractivity contribution in [3.8, 4) is 5.75 Å². The fourth-order valence-electron chi connectivity index (χ4n) is 0.815. The van der Waals surface area contributed by atoms with Gasteiger partial charge in [-0.15, -0.1) is 12.6 Å². The molecule has 1 aromatic rings. The first-order chi connectivity index (χ1) is 5.59. The van der Waals surface area contributed by atoms with Gasteiger partial charge in [0, 0.05) is 11.8 Å². The van der Waals surface area contributed by atoms with Gasteiger partial charge >= 0.3 is 0 Å². The van der Waals surface area contributed by atoms with Crippen LogP contribution in [-0.2, 0) is 4.79 Å². The lowest BCUT2D eigenvalue weighted by Crippen LogP contribution is -2.05. The minimum absolute atomic E-state index is 0.0256. The predicted molar refractivity (Wildman–Crippen MR) is 49.7 cm³/mol. The summed E-state index contributed by atoms with van der Waals surface area (Å²) in [6, 6.07) is 4.75. The third kappa shape index (κ3) is 2.17. The van der Waals surface area contributed by atoms with Gasteiger partial charge in [0.25, 0.3) is 0 Å². The van der Waals surface area contributed by atoms with Crippen LogP contribution in [0.2, 0.25) is 0 Å². The Kier molecular flexibility index (Phi) is 2.60. The first-order valence-electron chi connectivity index (χ1n) is 3.39. The first kappa shape index (κ1) is 8.93. The van der Waals surface area contributed by atoms with Crippen molar-refractivity contribution in [2.45, 2.75) is 11.8 Å². The molecule has 1 rings (SSSR count). The Labute approximate surface area is 75.8 Å². The molecule has 0 radical (unpaired) electrons. The normalized spacial score (nSPS) is 9.50. The number of carbonyl (C=O) groups is 1. The highest BCUT2D eigenvalue weighted by molar-refractivity contribution is 7.80. The third-order valence-electron chi connectivity index (χ3n) is 1.29. The van der Waals surface area contributed by atoms with E-state index in [1.807, 2.05) is 0 Å². The molecule has 0 heterocycles. The van der Waals surface area contributed by atoms with Gasteiger partial charge in [0.05, 0.1) is 5.69 Å². The van der Waals surface area contributed by atoms with Crippen molar-refractivity contribution in [3.05, 3.63) is 18.2 Å². The molecule has 1 amide bonds. The number of hydrogen-bond donors (Lipinski definition) is 3. The lowest BCUT2D eigenvalue weighted by molar-refractivity contribution is -0.114. The maximum absolute atomic E-state index is 10.6. The summed E-state index contributed by atoms with van der Waals surface area (Å²) in [5, 5.41) is 11.8. The summed E-state index contributed by atoms with van der Waals surface area (Å²) in [5.74, 6) is -0.185. The van der Waals surface area contributed by atoms with Crippen LogP contribution in [0.15, 0.2) is 23.1 Å². The zero-order valence-electron chi connectivity index (χ0n) is 6.53. The summed E-state index contributed by atoms with van der Waals surface area (Å²) in [6.07, 6.45) is 0. The van der Waals surface area contributed by atoms with Gasteiger partial charge in [0.15, 0.2) is 0 Å². The quantitative estimate of drug-likeness (QED) is 0.458. The molecule has 0 fully saturated rings. The number of rotatable bonds is 1. The van der Waals surface area contributed by atoms with Crippen LogP contribution in [0.4, 0.5) is 5.69 Å². The van der Waals surface area contributed by atoms with E-state index in [-0.39, 0.29) is 11.7 Å². The molecule has 0 bridgehead atoms. The van der Waals surface area contributed by atoms with Gasteiger partial charge in [0.2, 0.25) is 5.91 Å². The molecule has 0 aliphatic rings. The highest BCUT2D eigenvalue weighted by atomic mass is 32.1. The van der Waals surface area contributed by atoms with E-state index >= 15 is 0 Å². The number of aromatic hydroxyl groups is 1. The molecule has 64 valence electrons. The zero-order chi connectivity index (χ0) is 9.14. The SMILES string of the molecule is CC(=O)Nc1ccc(S)cc1O. The molecule has 0 unspecified atom stereocenters. The molecule has 2 N–H and O–H groups in total. The van der Waals surface area contributed by atoms with Crippen molar-refractivity contribution in [1.82, 2.24) is 0 Å². The second kappa shape index (κ2) is 3.49. The van der Waals surface area contributed by atoms with Crippen LogP contribution in [0.5, 0.6) is 5.75 Å². The van der Waals surface area contributed by atoms with E-state index in [0.717, 1.165) is 0 Å². The number of amides is 1. The second-order valence-electron chi connectivity index (χ2n) is 2.38. The monoisotopic (exact) mass is 183 g/mol. The fraction of sp³-hybridized carbons (Fsp3) is 0.125. The summed E-state index contributed by atoms with van der Waals surface area (Å²) in [6.45, 7) is 1.38. The lowest BCUT2D eigenvalue weighted by atomic mass is 10.3. The molecule has 0 spiro atoms. The molecule has 0 atom stereocenters. The van der Waals surface area contributed by atoms with E-state index in [2.05, 4.69) is 17.9 Å². The molecule has 4 heteroatoms. The molecule has 1 aromatic carbocycles. The number of hydrogen-bond acceptors (Lipinski definition) is 3. The molecule has 0 saturated heterocycles. The summed E-state index contributed by atoms with van der Waals surface area (Å²) < 4.78 is 0. The van der Waals surface area contributed by atoms with Crippen LogP contribution >= 0.6 is 12.6 Å². The van der Waals surface area contributed by atoms with Gasteiger partial charge in [-0.05, 0) is 18.2 Å². The highest BCUT2D eigenvalue weighted by Crippen LogP contribution is 2.25. The minimum Gasteiger partial charge on any atom is -0.506 e. The Morgan fingerprint density at radius 2 is 2.25 bits per heavy atom. The Balaban J connectivity index is 2.93. The molecule has 0 aliphatic carbocycles. The largest absolute Gasteiger partial charge is 0.506 e. The van der Waals surface area contributed by atoms with Gasteiger partial charge in [-0.25, -0.2) is 0 Å². The van der Waals surface area contributed by atoms with Crippen LogP contribution in [0.3, 0.4) is 0 Å². The molecule has 3 nitrogen and oxygen atoms in total. The average Bonchev–Trinajstić information content (AvgIpc) is 1.94. The lowest BCUT2D eigenvalue weighted by Gasteiger charge is -2.04. The predicted octanol–water partition coefficient (Wildman–Crippen LogP) is 1.64. The standard InChI is InChI=1S/C8H9NO2S/c1-5(10)9-7-3-2-6(12)4-8(7)11/h2-4,11-12H,1H3,(H,9,10). The van der Waals surface area contributed by atoms with E-state index in [4.69, 9.17) is 0 Å². The first-order valence-corrected chi connectivity index (χ1v) is 3.84. The Bertz CT molecular complexity index is 312. The topological polar surface area (TPSA) is 49.3 Å². The molecule has 12 heavy (non-hydrogen) atoms. The molecule has 0 aromatic heterocycles. The van der Waals surface area contributed by atoms with Crippen LogP contribution in [0.1, 0.15) is 6.92 Å². The van der Waals surface area contributed by atoms with Gasteiger partial charge in [0.1, 0.15) is 5.75 Å². The number of anilines is 1. The van der Waals surface area contributed by atoms with Crippen molar-refractivity contribution in [3.63, 3.8) is 0 Å². The van der Waals surface area contributed by atoms with E-state index in [0.29, 0.717) is 10.6 Å². The Hall–Kier alpha value is -1.16. The zero-order valence-corrected chi connectivity index (χ0v) is 7.43. The van der Waals surface area contributed by atoms with Crippen molar-refractivity contribution >= 4 is 24.2 Å². The van der Waals surface area contributed by atoms with Crippen molar-refractivity contribution in [2.24, 2.45) is 0 Å². The van der Waals surface area contributed by atoms with Crippen LogP contribution < -0.4 is 5.32 Å². The summed E-state index contributed by atoms with van der Waals surface area (Å²) in [5.41, 5.74) is 0.403. The Morgan fingerprint density at radius 3 is 2.75 bits per heavy atom. The highest BCUT2D eigenvalue weighted by Gasteiger charge is 2.01. The third-order valence-corrected chi connectivity index (χ3v) is 1.57. The molecule has 0 aliphatic heterocycles. The van der Waals surface area contributed by atoms with Crippen molar-refractivity contribution in [2.75, 3.05) is 5.32 Å². The van der Waals surface area contributed by atoms with E-state index in [1.165, 1.54) is 13.0 Å². The fourth-order valence-corrected chi connectivity index (χ4v) is 1.01. The number of benzene rings is 1. The summed E-state index contributed by atoms with van der Waals surface area (Å²) in [4.78, 5) is 11.3. The number of phenolic OH excluding ortho intramolecular Hbond substituents is 1. The van der Waals surface area contributed by atoms with Crippen molar-refractivity contribution < 1.29 is 9.90 Å². The number of phenols is 1. The maximum atomic E-state index is 10.6. The molecular formula is C8H9NO2S. The van der Waals surface area contributed by atoms with E-state index in [1.54, 1.807) is 12.1 Å². The molecule has 0 saturated carbocycles. The van der Waals surface area contributed by atoms with Crippen LogP contribution in [-0.4, -0.2) is 11.0 Å². The summed E-state index contributed by atoms with van der Waals surface area (Å²) >= 11 is 4.02. The average molecular weight is 183 g/mol. The van der Waals surface area contributed by atoms with Gasteiger partial charge in [-0.2, -0.15) is 0 Å². The summed E-state index contributed by atoms with van der Waals surface area (Å²) in [7, 11) is 0. The number of thiol groups is 1. The van der Waals surface area contributed by atoms with Gasteiger partial charge < -0.3 is 10.4 Å². The minimum atomic E-state index is -0.211. The van der Waals surface area contributed by atoms with Crippen molar-refractivity contribution in [1.29, 1.82) is 0 Å². The number of carbonyl (C=O) groups excluding carboxylic acids is 1. The van der Waals surface area contributed by atoms with Crippen LogP contribution in [0, 0.1) is 0 Å². The maximum Gasteiger partial charge on any atom is 0.221 e.